The number of nitrogens with one attached hydrogen (secondary N) is 1. The van der Waals surface area contributed by atoms with Gasteiger partial charge in [-0.05, 0) is 102 Å². The first-order chi connectivity index (χ1) is 19.1. The van der Waals surface area contributed by atoms with Gasteiger partial charge in [0.2, 0.25) is 5.91 Å². The number of carbonyl (C=O) groups excluding carboxylic acids is 1. The summed E-state index contributed by atoms with van der Waals surface area (Å²) < 4.78 is 0. The maximum absolute atomic E-state index is 11.3. The number of hydrogen-bond donors (Lipinski definition) is 1. The molecule has 0 unspecified atom stereocenters. The maximum atomic E-state index is 11.3. The zero-order valence-electron chi connectivity index (χ0n) is 24.2. The van der Waals surface area contributed by atoms with Gasteiger partial charge in [0.05, 0.1) is 0 Å². The summed E-state index contributed by atoms with van der Waals surface area (Å²) >= 11 is 0. The van der Waals surface area contributed by atoms with Crippen molar-refractivity contribution in [1.29, 1.82) is 0 Å². The van der Waals surface area contributed by atoms with E-state index in [2.05, 4.69) is 92.5 Å². The number of benzene rings is 3. The Morgan fingerprint density at radius 2 is 1.54 bits per heavy atom. The molecule has 0 bridgehead atoms. The van der Waals surface area contributed by atoms with Gasteiger partial charge in [-0.3, -0.25) is 4.79 Å². The molecule has 1 saturated carbocycles. The summed E-state index contributed by atoms with van der Waals surface area (Å²) in [5.41, 5.74) is 9.43. The molecule has 4 rings (SSSR count). The smallest absolute Gasteiger partial charge is 0.243 e. The highest BCUT2D eigenvalue weighted by Crippen LogP contribution is 2.38. The molecular formula is C37H47NO. The molecule has 0 saturated heterocycles. The third kappa shape index (κ3) is 8.18. The van der Waals surface area contributed by atoms with Crippen LogP contribution >= 0.6 is 0 Å². The first-order valence-electron chi connectivity index (χ1n) is 15.3. The summed E-state index contributed by atoms with van der Waals surface area (Å²) in [4.78, 5) is 11.3. The Balaban J connectivity index is 1.36. The molecule has 1 aliphatic rings. The van der Waals surface area contributed by atoms with Crippen molar-refractivity contribution in [1.82, 2.24) is 5.32 Å². The second-order valence-corrected chi connectivity index (χ2v) is 11.4. The number of unbranched alkanes of at least 4 members (excludes halogenated alkanes) is 2. The zero-order valence-corrected chi connectivity index (χ0v) is 24.2. The van der Waals surface area contributed by atoms with E-state index >= 15 is 0 Å². The van der Waals surface area contributed by atoms with Gasteiger partial charge in [-0.15, -0.1) is 0 Å². The molecule has 3 aromatic rings. The Morgan fingerprint density at radius 3 is 2.21 bits per heavy atom. The quantitative estimate of drug-likeness (QED) is 0.176. The Bertz CT molecular complexity index is 1180. The Morgan fingerprint density at radius 1 is 0.846 bits per heavy atom. The van der Waals surface area contributed by atoms with E-state index in [1.807, 2.05) is 0 Å². The minimum Gasteiger partial charge on any atom is -0.353 e. The van der Waals surface area contributed by atoms with E-state index in [1.54, 1.807) is 0 Å². The lowest BCUT2D eigenvalue weighted by molar-refractivity contribution is -0.116. The van der Waals surface area contributed by atoms with Gasteiger partial charge >= 0.3 is 0 Å². The van der Waals surface area contributed by atoms with Crippen LogP contribution in [0.4, 0.5) is 0 Å². The van der Waals surface area contributed by atoms with Crippen LogP contribution in [0, 0.1) is 5.92 Å². The van der Waals surface area contributed by atoms with E-state index < -0.39 is 0 Å². The molecule has 0 heterocycles. The van der Waals surface area contributed by atoms with Gasteiger partial charge in [-0.1, -0.05) is 113 Å². The lowest BCUT2D eigenvalue weighted by Crippen LogP contribution is -2.22. The zero-order chi connectivity index (χ0) is 27.5. The molecule has 1 N–H and O–H groups in total. The van der Waals surface area contributed by atoms with Crippen LogP contribution in [0.2, 0.25) is 0 Å². The van der Waals surface area contributed by atoms with Gasteiger partial charge in [0.15, 0.2) is 0 Å². The van der Waals surface area contributed by atoms with Gasteiger partial charge in [-0.2, -0.15) is 0 Å². The molecule has 2 nitrogen and oxygen atoms in total. The number of amides is 1. The predicted octanol–water partition coefficient (Wildman–Crippen LogP) is 9.67. The van der Waals surface area contributed by atoms with Gasteiger partial charge in [0.1, 0.15) is 0 Å². The first-order valence-corrected chi connectivity index (χ1v) is 15.3. The summed E-state index contributed by atoms with van der Waals surface area (Å²) in [6, 6.07) is 25.3. The minimum atomic E-state index is -0.105. The average molecular weight is 522 g/mol. The standard InChI is InChI=1S/C37H47NO/c1-4-7-8-10-28-12-16-31(17-13-28)32-20-22-34(23-21-32)36-25-24-35(27-30(36)5-2)33-18-14-29(15-19-33)11-9-26-38-37(39)6-3/h6,14-15,18-25,27-28,31H,3-5,7-13,16-17,26H2,1-2H3,(H,38,39). The average Bonchev–Trinajstić information content (AvgIpc) is 3.00. The van der Waals surface area contributed by atoms with Crippen LogP contribution in [0.1, 0.15) is 94.2 Å². The van der Waals surface area contributed by atoms with Crippen molar-refractivity contribution in [3.05, 3.63) is 96.1 Å². The third-order valence-electron chi connectivity index (χ3n) is 8.66. The van der Waals surface area contributed by atoms with Gasteiger partial charge < -0.3 is 5.32 Å². The van der Waals surface area contributed by atoms with Crippen LogP contribution in [0.15, 0.2) is 79.4 Å². The molecule has 2 heteroatoms. The lowest BCUT2D eigenvalue weighted by atomic mass is 9.77. The predicted molar refractivity (Wildman–Crippen MR) is 167 cm³/mol. The molecule has 39 heavy (non-hydrogen) atoms. The molecule has 1 fully saturated rings. The van der Waals surface area contributed by atoms with Crippen LogP contribution < -0.4 is 5.32 Å². The van der Waals surface area contributed by atoms with Crippen molar-refractivity contribution >= 4 is 5.91 Å². The van der Waals surface area contributed by atoms with E-state index in [1.165, 1.54) is 96.4 Å². The highest BCUT2D eigenvalue weighted by Gasteiger charge is 2.22. The molecule has 0 aliphatic heterocycles. The second-order valence-electron chi connectivity index (χ2n) is 11.4. The van der Waals surface area contributed by atoms with E-state index in [0.29, 0.717) is 6.54 Å². The Kier molecular flexibility index (Phi) is 11.0. The van der Waals surface area contributed by atoms with Crippen molar-refractivity contribution in [3.8, 4) is 22.3 Å². The molecule has 1 amide bonds. The largest absolute Gasteiger partial charge is 0.353 e. The monoisotopic (exact) mass is 521 g/mol. The topological polar surface area (TPSA) is 29.1 Å². The fourth-order valence-electron chi connectivity index (χ4n) is 6.19. The van der Waals surface area contributed by atoms with E-state index in [4.69, 9.17) is 0 Å². The highest BCUT2D eigenvalue weighted by molar-refractivity contribution is 5.86. The molecular weight excluding hydrogens is 474 g/mol. The second kappa shape index (κ2) is 14.9. The molecule has 0 atom stereocenters. The van der Waals surface area contributed by atoms with Crippen molar-refractivity contribution in [2.45, 2.75) is 90.4 Å². The van der Waals surface area contributed by atoms with E-state index in [9.17, 15) is 4.79 Å². The fraction of sp³-hybridized carbons (Fsp3) is 0.432. The number of aryl methyl sites for hydroxylation is 2. The summed E-state index contributed by atoms with van der Waals surface area (Å²) in [5, 5.41) is 2.84. The molecule has 0 spiro atoms. The Hall–Kier alpha value is -3.13. The van der Waals surface area contributed by atoms with Crippen molar-refractivity contribution in [2.75, 3.05) is 6.54 Å². The summed E-state index contributed by atoms with van der Waals surface area (Å²) in [7, 11) is 0. The van der Waals surface area contributed by atoms with E-state index in [0.717, 1.165) is 31.1 Å². The summed E-state index contributed by atoms with van der Waals surface area (Å²) in [6.07, 6.45) is 15.3. The van der Waals surface area contributed by atoms with Crippen LogP contribution in [0.3, 0.4) is 0 Å². The SMILES string of the molecule is C=CC(=O)NCCCc1ccc(-c2ccc(-c3ccc(C4CCC(CCCCC)CC4)cc3)c(CC)c2)cc1. The lowest BCUT2D eigenvalue weighted by Gasteiger charge is -2.29. The third-order valence-corrected chi connectivity index (χ3v) is 8.66. The van der Waals surface area contributed by atoms with Gasteiger partial charge in [0.25, 0.3) is 0 Å². The van der Waals surface area contributed by atoms with E-state index in [-0.39, 0.29) is 5.91 Å². The van der Waals surface area contributed by atoms with Gasteiger partial charge in [-0.25, -0.2) is 0 Å². The minimum absolute atomic E-state index is 0.105. The number of rotatable bonds is 13. The van der Waals surface area contributed by atoms with Crippen LogP contribution in [0.5, 0.6) is 0 Å². The molecule has 0 radical (unpaired) electrons. The van der Waals surface area contributed by atoms with Crippen molar-refractivity contribution < 1.29 is 4.79 Å². The molecule has 206 valence electrons. The fourth-order valence-corrected chi connectivity index (χ4v) is 6.19. The van der Waals surface area contributed by atoms with Gasteiger partial charge in [0, 0.05) is 6.54 Å². The van der Waals surface area contributed by atoms with Crippen LogP contribution in [-0.4, -0.2) is 12.5 Å². The first kappa shape index (κ1) is 28.9. The van der Waals surface area contributed by atoms with Crippen molar-refractivity contribution in [2.24, 2.45) is 5.92 Å². The van der Waals surface area contributed by atoms with Crippen LogP contribution in [0.25, 0.3) is 22.3 Å². The number of hydrogen-bond acceptors (Lipinski definition) is 1. The normalized spacial score (nSPS) is 17.1. The molecule has 1 aliphatic carbocycles. The number of carbonyl (C=O) groups is 1. The Labute approximate surface area is 236 Å². The maximum Gasteiger partial charge on any atom is 0.243 e. The molecule has 3 aromatic carbocycles. The highest BCUT2D eigenvalue weighted by atomic mass is 16.1. The summed E-state index contributed by atoms with van der Waals surface area (Å²) in [5.74, 6) is 1.60. The molecule has 0 aromatic heterocycles. The van der Waals surface area contributed by atoms with Crippen LogP contribution in [-0.2, 0) is 17.6 Å². The summed E-state index contributed by atoms with van der Waals surface area (Å²) in [6.45, 7) is 8.72. The van der Waals surface area contributed by atoms with Crippen molar-refractivity contribution in [3.63, 3.8) is 0 Å².